The van der Waals surface area contributed by atoms with Crippen molar-refractivity contribution >= 4 is 11.6 Å². The Kier molecular flexibility index (Phi) is 7.79. The number of carbonyl (C=O) groups is 1. The molecule has 0 saturated heterocycles. The van der Waals surface area contributed by atoms with E-state index in [1.165, 1.54) is 0 Å². The topological polar surface area (TPSA) is 70.6 Å². The van der Waals surface area contributed by atoms with Gasteiger partial charge in [-0.25, -0.2) is 0 Å². The normalized spacial score (nSPS) is 13.5. The van der Waals surface area contributed by atoms with Gasteiger partial charge < -0.3 is 20.5 Å². The maximum Gasteiger partial charge on any atom is 0.226 e. The lowest BCUT2D eigenvalue weighted by Crippen LogP contribution is -2.37. The van der Waals surface area contributed by atoms with Gasteiger partial charge in [0.15, 0.2) is 0 Å². The summed E-state index contributed by atoms with van der Waals surface area (Å²) >= 11 is 0. The number of ether oxygens (including phenoxy) is 1. The molecule has 3 N–H and O–H groups in total. The third kappa shape index (κ3) is 6.60. The Morgan fingerprint density at radius 3 is 2.67 bits per heavy atom. The van der Waals surface area contributed by atoms with E-state index in [-0.39, 0.29) is 24.6 Å². The van der Waals surface area contributed by atoms with Crippen LogP contribution >= 0.6 is 0 Å². The largest absolute Gasteiger partial charge is 0.495 e. The maximum atomic E-state index is 12.0. The minimum Gasteiger partial charge on any atom is -0.495 e. The number of hydrogen-bond acceptors (Lipinski definition) is 4. The molecule has 0 aromatic heterocycles. The number of carbonyl (C=O) groups excluding carboxylic acids is 1. The first-order chi connectivity index (χ1) is 10.1. The van der Waals surface area contributed by atoms with Crippen molar-refractivity contribution < 1.29 is 14.6 Å². The van der Waals surface area contributed by atoms with Crippen molar-refractivity contribution in [3.63, 3.8) is 0 Å². The molecule has 2 unspecified atom stereocenters. The lowest BCUT2D eigenvalue weighted by molar-refractivity contribution is -0.116. The molecule has 0 radical (unpaired) electrons. The Bertz CT molecular complexity index is 437. The number of benzene rings is 1. The van der Waals surface area contributed by atoms with Crippen molar-refractivity contribution in [1.29, 1.82) is 0 Å². The van der Waals surface area contributed by atoms with Crippen LogP contribution in [0.5, 0.6) is 5.75 Å². The average molecular weight is 294 g/mol. The molecule has 0 fully saturated rings. The van der Waals surface area contributed by atoms with E-state index in [0.717, 1.165) is 12.8 Å². The van der Waals surface area contributed by atoms with E-state index in [1.54, 1.807) is 7.11 Å². The van der Waals surface area contributed by atoms with Crippen molar-refractivity contribution in [2.45, 2.75) is 45.2 Å². The number of amides is 1. The van der Waals surface area contributed by atoms with Crippen LogP contribution in [0.25, 0.3) is 0 Å². The summed E-state index contributed by atoms with van der Waals surface area (Å²) in [7, 11) is 1.58. The molecule has 0 spiro atoms. The summed E-state index contributed by atoms with van der Waals surface area (Å²) in [6.07, 6.45) is 2.06. The number of para-hydroxylation sites is 2. The van der Waals surface area contributed by atoms with E-state index in [0.29, 0.717) is 17.9 Å². The van der Waals surface area contributed by atoms with Gasteiger partial charge in [0.25, 0.3) is 0 Å². The summed E-state index contributed by atoms with van der Waals surface area (Å²) in [6, 6.07) is 7.71. The summed E-state index contributed by atoms with van der Waals surface area (Å²) < 4.78 is 5.21. The van der Waals surface area contributed by atoms with Crippen LogP contribution in [0, 0.1) is 0 Å². The van der Waals surface area contributed by atoms with Gasteiger partial charge in [0, 0.05) is 25.1 Å². The third-order valence-corrected chi connectivity index (χ3v) is 3.24. The third-order valence-electron chi connectivity index (χ3n) is 3.24. The Labute approximate surface area is 126 Å². The van der Waals surface area contributed by atoms with E-state index >= 15 is 0 Å². The minimum absolute atomic E-state index is 0.0474. The van der Waals surface area contributed by atoms with Gasteiger partial charge in [0.05, 0.1) is 12.8 Å². The molecule has 0 aliphatic rings. The highest BCUT2D eigenvalue weighted by Gasteiger charge is 2.13. The minimum atomic E-state index is -0.0474. The van der Waals surface area contributed by atoms with Crippen molar-refractivity contribution in [1.82, 2.24) is 5.32 Å². The molecule has 1 aromatic rings. The van der Waals surface area contributed by atoms with Crippen molar-refractivity contribution in [3.05, 3.63) is 24.3 Å². The van der Waals surface area contributed by atoms with Gasteiger partial charge in [-0.15, -0.1) is 0 Å². The van der Waals surface area contributed by atoms with Crippen LogP contribution in [-0.4, -0.2) is 36.8 Å². The maximum absolute atomic E-state index is 12.0. The monoisotopic (exact) mass is 294 g/mol. The predicted molar refractivity (Wildman–Crippen MR) is 84.6 cm³/mol. The summed E-state index contributed by atoms with van der Waals surface area (Å²) in [6.45, 7) is 4.25. The molecule has 0 aliphatic heterocycles. The second kappa shape index (κ2) is 9.37. The smallest absolute Gasteiger partial charge is 0.226 e. The number of aliphatic hydroxyl groups excluding tert-OH is 1. The van der Waals surface area contributed by atoms with E-state index in [1.807, 2.05) is 31.2 Å². The fourth-order valence-electron chi connectivity index (χ4n) is 2.25. The van der Waals surface area contributed by atoms with Crippen LogP contribution in [0.3, 0.4) is 0 Å². The Balaban J connectivity index is 2.42. The number of hydrogen-bond donors (Lipinski definition) is 3. The molecule has 1 amide bonds. The predicted octanol–water partition coefficient (Wildman–Crippen LogP) is 2.16. The van der Waals surface area contributed by atoms with Crippen LogP contribution in [0.1, 0.15) is 33.1 Å². The van der Waals surface area contributed by atoms with Crippen molar-refractivity contribution in [3.8, 4) is 5.75 Å². The Hall–Kier alpha value is -1.59. The Morgan fingerprint density at radius 1 is 1.29 bits per heavy atom. The Morgan fingerprint density at radius 2 is 2.00 bits per heavy atom. The zero-order chi connectivity index (χ0) is 15.7. The van der Waals surface area contributed by atoms with Crippen molar-refractivity contribution in [2.75, 3.05) is 19.0 Å². The van der Waals surface area contributed by atoms with Gasteiger partial charge >= 0.3 is 0 Å². The molecule has 0 saturated carbocycles. The molecule has 5 nitrogen and oxygen atoms in total. The van der Waals surface area contributed by atoms with Gasteiger partial charge in [0.1, 0.15) is 5.75 Å². The van der Waals surface area contributed by atoms with E-state index in [2.05, 4.69) is 17.6 Å². The van der Waals surface area contributed by atoms with Gasteiger partial charge in [-0.3, -0.25) is 4.79 Å². The molecule has 0 bridgehead atoms. The van der Waals surface area contributed by atoms with Gasteiger partial charge in [-0.1, -0.05) is 12.1 Å². The standard InChI is InChI=1S/C16H26N2O3/c1-12(7-6-10-19)17-13(2)11-16(20)18-14-8-4-5-9-15(14)21-3/h4-5,8-9,12-13,17,19H,6-7,10-11H2,1-3H3,(H,18,20). The molecule has 1 rings (SSSR count). The van der Waals surface area contributed by atoms with E-state index in [4.69, 9.17) is 9.84 Å². The number of nitrogens with one attached hydrogen (secondary N) is 2. The first kappa shape index (κ1) is 17.5. The highest BCUT2D eigenvalue weighted by atomic mass is 16.5. The molecule has 118 valence electrons. The van der Waals surface area contributed by atoms with E-state index < -0.39 is 0 Å². The quantitative estimate of drug-likeness (QED) is 0.653. The number of rotatable bonds is 9. The van der Waals surface area contributed by atoms with Crippen LogP contribution in [0.15, 0.2) is 24.3 Å². The molecule has 0 aliphatic carbocycles. The fraction of sp³-hybridized carbons (Fsp3) is 0.562. The number of aliphatic hydroxyl groups is 1. The molecular formula is C16H26N2O3. The number of anilines is 1. The summed E-state index contributed by atoms with van der Waals surface area (Å²) in [5, 5.41) is 15.0. The van der Waals surface area contributed by atoms with Gasteiger partial charge in [-0.2, -0.15) is 0 Å². The molecule has 21 heavy (non-hydrogen) atoms. The SMILES string of the molecule is COc1ccccc1NC(=O)CC(C)NC(C)CCCO. The second-order valence-electron chi connectivity index (χ2n) is 5.29. The van der Waals surface area contributed by atoms with Crippen molar-refractivity contribution in [2.24, 2.45) is 0 Å². The molecule has 0 heterocycles. The van der Waals surface area contributed by atoms with E-state index in [9.17, 15) is 4.79 Å². The highest BCUT2D eigenvalue weighted by Crippen LogP contribution is 2.23. The second-order valence-corrected chi connectivity index (χ2v) is 5.29. The van der Waals surface area contributed by atoms with Gasteiger partial charge in [-0.05, 0) is 38.8 Å². The summed E-state index contributed by atoms with van der Waals surface area (Å²) in [5.74, 6) is 0.608. The number of methoxy groups -OCH3 is 1. The average Bonchev–Trinajstić information content (AvgIpc) is 2.45. The summed E-state index contributed by atoms with van der Waals surface area (Å²) in [4.78, 5) is 12.0. The fourth-order valence-corrected chi connectivity index (χ4v) is 2.25. The first-order valence-corrected chi connectivity index (χ1v) is 7.36. The highest BCUT2D eigenvalue weighted by molar-refractivity contribution is 5.92. The molecular weight excluding hydrogens is 268 g/mol. The van der Waals surface area contributed by atoms with Crippen LogP contribution < -0.4 is 15.4 Å². The lowest BCUT2D eigenvalue weighted by atomic mass is 10.1. The molecule has 1 aromatic carbocycles. The van der Waals surface area contributed by atoms with Crippen LogP contribution in [0.2, 0.25) is 0 Å². The summed E-state index contributed by atoms with van der Waals surface area (Å²) in [5.41, 5.74) is 0.686. The molecule has 5 heteroatoms. The molecule has 2 atom stereocenters. The van der Waals surface area contributed by atoms with Crippen LogP contribution in [-0.2, 0) is 4.79 Å². The van der Waals surface area contributed by atoms with Crippen LogP contribution in [0.4, 0.5) is 5.69 Å². The lowest BCUT2D eigenvalue weighted by Gasteiger charge is -2.19. The zero-order valence-corrected chi connectivity index (χ0v) is 13.1. The van der Waals surface area contributed by atoms with Gasteiger partial charge in [0.2, 0.25) is 5.91 Å². The zero-order valence-electron chi connectivity index (χ0n) is 13.1. The first-order valence-electron chi connectivity index (χ1n) is 7.36.